The van der Waals surface area contributed by atoms with E-state index in [9.17, 15) is 5.11 Å². The minimum atomic E-state index is -0.454. The molecule has 1 aromatic carbocycles. The Morgan fingerprint density at radius 2 is 2.00 bits per heavy atom. The molecule has 0 aromatic heterocycles. The van der Waals surface area contributed by atoms with Crippen LogP contribution in [0.5, 0.6) is 5.75 Å². The van der Waals surface area contributed by atoms with E-state index in [0.717, 1.165) is 43.9 Å². The molecule has 1 atom stereocenters. The third-order valence-electron chi connectivity index (χ3n) is 3.83. The molecule has 1 aliphatic heterocycles. The number of hydrogen-bond acceptors (Lipinski definition) is 4. The number of likely N-dealkylation sites (N-methyl/N-ethyl adjacent to an activating group) is 1. The van der Waals surface area contributed by atoms with E-state index < -0.39 is 6.10 Å². The highest BCUT2D eigenvalue weighted by molar-refractivity contribution is 5.34. The predicted octanol–water partition coefficient (Wildman–Crippen LogP) is 1.40. The van der Waals surface area contributed by atoms with Crippen molar-refractivity contribution in [1.29, 1.82) is 0 Å². The smallest absolute Gasteiger partial charge is 0.122 e. The van der Waals surface area contributed by atoms with Crippen LogP contribution in [0.25, 0.3) is 0 Å². The molecule has 1 aliphatic rings. The Hall–Kier alpha value is -1.36. The van der Waals surface area contributed by atoms with Gasteiger partial charge in [-0.25, -0.2) is 0 Å². The van der Waals surface area contributed by atoms with Gasteiger partial charge in [-0.15, -0.1) is 6.58 Å². The number of β-amino-alcohol motifs (C(OH)–C–C–N with tert-alkyl or cyclic N) is 1. The first-order chi connectivity index (χ1) is 10.2. The van der Waals surface area contributed by atoms with Crippen LogP contribution in [-0.2, 0) is 6.42 Å². The molecule has 4 heteroatoms. The van der Waals surface area contributed by atoms with E-state index in [-0.39, 0.29) is 0 Å². The minimum absolute atomic E-state index is 0.334. The van der Waals surface area contributed by atoms with E-state index in [1.807, 2.05) is 30.3 Å². The monoisotopic (exact) mass is 290 g/mol. The van der Waals surface area contributed by atoms with Gasteiger partial charge in [0.25, 0.3) is 0 Å². The summed E-state index contributed by atoms with van der Waals surface area (Å²) in [7, 11) is 2.13. The quantitative estimate of drug-likeness (QED) is 0.770. The maximum atomic E-state index is 10.1. The lowest BCUT2D eigenvalue weighted by atomic mass is 10.1. The fourth-order valence-electron chi connectivity index (χ4n) is 2.54. The van der Waals surface area contributed by atoms with Gasteiger partial charge in [0.2, 0.25) is 0 Å². The summed E-state index contributed by atoms with van der Waals surface area (Å²) in [5, 5.41) is 10.1. The first-order valence-electron chi connectivity index (χ1n) is 7.59. The molecule has 0 aliphatic carbocycles. The topological polar surface area (TPSA) is 35.9 Å². The van der Waals surface area contributed by atoms with Crippen molar-refractivity contribution < 1.29 is 9.84 Å². The first kappa shape index (κ1) is 16.0. The number of aliphatic hydroxyl groups is 1. The maximum absolute atomic E-state index is 10.1. The van der Waals surface area contributed by atoms with Crippen molar-refractivity contribution in [1.82, 2.24) is 9.80 Å². The fourth-order valence-corrected chi connectivity index (χ4v) is 2.54. The van der Waals surface area contributed by atoms with Crippen molar-refractivity contribution in [3.63, 3.8) is 0 Å². The van der Waals surface area contributed by atoms with Gasteiger partial charge in [-0.2, -0.15) is 0 Å². The number of piperazine rings is 1. The molecule has 0 unspecified atom stereocenters. The fraction of sp³-hybridized carbons (Fsp3) is 0.529. The highest BCUT2D eigenvalue weighted by Gasteiger charge is 2.17. The van der Waals surface area contributed by atoms with Gasteiger partial charge in [-0.05, 0) is 25.1 Å². The van der Waals surface area contributed by atoms with Gasteiger partial charge in [0.15, 0.2) is 0 Å². The van der Waals surface area contributed by atoms with E-state index in [2.05, 4.69) is 23.4 Å². The van der Waals surface area contributed by atoms with Crippen molar-refractivity contribution in [3.8, 4) is 5.75 Å². The Balaban J connectivity index is 1.78. The van der Waals surface area contributed by atoms with Crippen LogP contribution < -0.4 is 4.74 Å². The lowest BCUT2D eigenvalue weighted by Crippen LogP contribution is -2.47. The van der Waals surface area contributed by atoms with E-state index in [1.54, 1.807) is 0 Å². The zero-order chi connectivity index (χ0) is 15.1. The van der Waals surface area contributed by atoms with Crippen LogP contribution in [0.4, 0.5) is 0 Å². The molecule has 1 heterocycles. The number of benzene rings is 1. The van der Waals surface area contributed by atoms with Crippen molar-refractivity contribution in [3.05, 3.63) is 42.5 Å². The van der Waals surface area contributed by atoms with Gasteiger partial charge in [-0.3, -0.25) is 4.90 Å². The number of nitrogens with zero attached hydrogens (tertiary/aromatic N) is 2. The Kier molecular flexibility index (Phi) is 6.23. The summed E-state index contributed by atoms with van der Waals surface area (Å²) in [6.07, 6.45) is 2.19. The van der Waals surface area contributed by atoms with Crippen LogP contribution in [0.15, 0.2) is 36.9 Å². The van der Waals surface area contributed by atoms with Crippen LogP contribution >= 0.6 is 0 Å². The van der Waals surface area contributed by atoms with Crippen LogP contribution in [0.3, 0.4) is 0 Å². The van der Waals surface area contributed by atoms with Gasteiger partial charge < -0.3 is 14.7 Å². The molecule has 0 saturated carbocycles. The highest BCUT2D eigenvalue weighted by Crippen LogP contribution is 2.19. The summed E-state index contributed by atoms with van der Waals surface area (Å²) in [5.41, 5.74) is 1.11. The second kappa shape index (κ2) is 8.17. The van der Waals surface area contributed by atoms with Gasteiger partial charge in [0.05, 0.1) is 0 Å². The van der Waals surface area contributed by atoms with Crippen molar-refractivity contribution in [2.24, 2.45) is 0 Å². The molecule has 0 spiro atoms. The van der Waals surface area contributed by atoms with Crippen molar-refractivity contribution in [2.45, 2.75) is 12.5 Å². The highest BCUT2D eigenvalue weighted by atomic mass is 16.5. The van der Waals surface area contributed by atoms with Crippen molar-refractivity contribution >= 4 is 0 Å². The van der Waals surface area contributed by atoms with E-state index in [1.165, 1.54) is 0 Å². The number of allylic oxidation sites excluding steroid dienone is 1. The average Bonchev–Trinajstić information content (AvgIpc) is 2.49. The third-order valence-corrected chi connectivity index (χ3v) is 3.83. The molecule has 0 radical (unpaired) electrons. The molecule has 0 bridgehead atoms. The lowest BCUT2D eigenvalue weighted by Gasteiger charge is -2.33. The Labute approximate surface area is 127 Å². The Morgan fingerprint density at radius 3 is 2.71 bits per heavy atom. The summed E-state index contributed by atoms with van der Waals surface area (Å²) < 4.78 is 5.78. The van der Waals surface area contributed by atoms with Crippen molar-refractivity contribution in [2.75, 3.05) is 46.4 Å². The molecular weight excluding hydrogens is 264 g/mol. The largest absolute Gasteiger partial charge is 0.491 e. The van der Waals surface area contributed by atoms with Crippen LogP contribution in [0, 0.1) is 0 Å². The zero-order valence-corrected chi connectivity index (χ0v) is 12.9. The molecule has 1 fully saturated rings. The molecule has 4 nitrogen and oxygen atoms in total. The molecule has 1 N–H and O–H groups in total. The van der Waals surface area contributed by atoms with Gasteiger partial charge >= 0.3 is 0 Å². The summed E-state index contributed by atoms with van der Waals surface area (Å²) in [6.45, 7) is 8.93. The van der Waals surface area contributed by atoms with Gasteiger partial charge in [0, 0.05) is 32.7 Å². The molecule has 116 valence electrons. The predicted molar refractivity (Wildman–Crippen MR) is 85.8 cm³/mol. The number of hydrogen-bond donors (Lipinski definition) is 1. The average molecular weight is 290 g/mol. The van der Waals surface area contributed by atoms with E-state index >= 15 is 0 Å². The molecule has 2 rings (SSSR count). The summed E-state index contributed by atoms with van der Waals surface area (Å²) in [5.74, 6) is 0.842. The SMILES string of the molecule is C=CCc1ccccc1OC[C@@H](O)CN1CCN(C)CC1. The second-order valence-corrected chi connectivity index (χ2v) is 5.67. The van der Waals surface area contributed by atoms with Crippen LogP contribution in [0.2, 0.25) is 0 Å². The summed E-state index contributed by atoms with van der Waals surface area (Å²) >= 11 is 0. The number of para-hydroxylation sites is 1. The summed E-state index contributed by atoms with van der Waals surface area (Å²) in [4.78, 5) is 4.61. The second-order valence-electron chi connectivity index (χ2n) is 5.67. The maximum Gasteiger partial charge on any atom is 0.122 e. The van der Waals surface area contributed by atoms with Gasteiger partial charge in [-0.1, -0.05) is 24.3 Å². The minimum Gasteiger partial charge on any atom is -0.491 e. The lowest BCUT2D eigenvalue weighted by molar-refractivity contribution is 0.0503. The van der Waals surface area contributed by atoms with Gasteiger partial charge in [0.1, 0.15) is 18.5 Å². The zero-order valence-electron chi connectivity index (χ0n) is 12.9. The Bertz CT molecular complexity index is 442. The number of ether oxygens (including phenoxy) is 1. The van der Waals surface area contributed by atoms with Crippen LogP contribution in [0.1, 0.15) is 5.56 Å². The summed E-state index contributed by atoms with van der Waals surface area (Å²) in [6, 6.07) is 7.92. The van der Waals surface area contributed by atoms with E-state index in [0.29, 0.717) is 13.2 Å². The number of rotatable bonds is 7. The first-order valence-corrected chi connectivity index (χ1v) is 7.59. The normalized spacial score (nSPS) is 18.4. The standard InChI is InChI=1S/C17H26N2O2/c1-3-6-15-7-4-5-8-17(15)21-14-16(20)13-19-11-9-18(2)10-12-19/h3-5,7-8,16,20H,1,6,9-14H2,2H3/t16-/m0/s1. The Morgan fingerprint density at radius 1 is 1.29 bits per heavy atom. The van der Waals surface area contributed by atoms with Crippen LogP contribution in [-0.4, -0.2) is 67.4 Å². The molecule has 1 saturated heterocycles. The van der Waals surface area contributed by atoms with E-state index in [4.69, 9.17) is 4.74 Å². The molecule has 1 aromatic rings. The number of aliphatic hydroxyl groups excluding tert-OH is 1. The molecular formula is C17H26N2O2. The molecule has 0 amide bonds. The molecule has 21 heavy (non-hydrogen) atoms. The third kappa shape index (κ3) is 5.16.